The predicted molar refractivity (Wildman–Crippen MR) is 70.6 cm³/mol. The van der Waals surface area contributed by atoms with Crippen LogP contribution in [-0.4, -0.2) is 22.6 Å². The van der Waals surface area contributed by atoms with Gasteiger partial charge in [0.25, 0.3) is 0 Å². The molecule has 1 aromatic carbocycles. The lowest BCUT2D eigenvalue weighted by atomic mass is 10.2. The fourth-order valence-corrected chi connectivity index (χ4v) is 3.06. The first kappa shape index (κ1) is 11.2. The quantitative estimate of drug-likeness (QED) is 0.921. The first-order valence-corrected chi connectivity index (χ1v) is 6.63. The summed E-state index contributed by atoms with van der Waals surface area (Å²) in [4.78, 5) is 17.2. The van der Waals surface area contributed by atoms with Crippen LogP contribution in [0.5, 0.6) is 0 Å². The van der Waals surface area contributed by atoms with Crippen LogP contribution in [0.25, 0.3) is 0 Å². The van der Waals surface area contributed by atoms with E-state index in [9.17, 15) is 4.79 Å². The molecule has 0 saturated carbocycles. The summed E-state index contributed by atoms with van der Waals surface area (Å²) in [7, 11) is 0. The van der Waals surface area contributed by atoms with E-state index in [4.69, 9.17) is 5.11 Å². The highest BCUT2D eigenvalue weighted by Crippen LogP contribution is 2.35. The summed E-state index contributed by atoms with van der Waals surface area (Å²) >= 11 is 1.50. The van der Waals surface area contributed by atoms with Gasteiger partial charge in [-0.3, -0.25) is 4.79 Å². The number of carbonyl (C=O) groups is 1. The van der Waals surface area contributed by atoms with E-state index in [1.54, 1.807) is 0 Å². The van der Waals surface area contributed by atoms with E-state index in [2.05, 4.69) is 22.0 Å². The van der Waals surface area contributed by atoms with E-state index in [0.717, 1.165) is 18.1 Å². The summed E-state index contributed by atoms with van der Waals surface area (Å²) in [6.07, 6.45) is 1.01. The SMILES string of the molecule is O=C(O)Cc1csc(N2CCc3ccccc32)n1. The maximum Gasteiger partial charge on any atom is 0.309 e. The number of carboxylic acids is 1. The lowest BCUT2D eigenvalue weighted by Gasteiger charge is -2.15. The van der Waals surface area contributed by atoms with Crippen LogP contribution in [0.3, 0.4) is 0 Å². The van der Waals surface area contributed by atoms with Crippen molar-refractivity contribution in [1.29, 1.82) is 0 Å². The average Bonchev–Trinajstić information content (AvgIpc) is 2.94. The standard InChI is InChI=1S/C13H12N2O2S/c16-12(17)7-10-8-18-13(14-10)15-6-5-9-3-1-2-4-11(9)15/h1-4,8H,5-7H2,(H,16,17). The summed E-state index contributed by atoms with van der Waals surface area (Å²) in [5.41, 5.74) is 3.15. The predicted octanol–water partition coefficient (Wildman–Crippen LogP) is 2.46. The monoisotopic (exact) mass is 260 g/mol. The van der Waals surface area contributed by atoms with Gasteiger partial charge in [0.2, 0.25) is 0 Å². The number of anilines is 2. The number of benzene rings is 1. The molecular formula is C13H12N2O2S. The molecule has 0 aliphatic carbocycles. The van der Waals surface area contributed by atoms with Gasteiger partial charge in [0.1, 0.15) is 0 Å². The molecule has 0 amide bonds. The molecule has 1 aliphatic heterocycles. The highest BCUT2D eigenvalue weighted by atomic mass is 32.1. The second kappa shape index (κ2) is 4.42. The number of hydrogen-bond donors (Lipinski definition) is 1. The largest absolute Gasteiger partial charge is 0.481 e. The fourth-order valence-electron chi connectivity index (χ4n) is 2.19. The van der Waals surface area contributed by atoms with Crippen molar-refractivity contribution < 1.29 is 9.90 Å². The third-order valence-corrected chi connectivity index (χ3v) is 3.90. The first-order chi connectivity index (χ1) is 8.74. The van der Waals surface area contributed by atoms with Crippen molar-refractivity contribution in [2.45, 2.75) is 12.8 Å². The van der Waals surface area contributed by atoms with Gasteiger partial charge in [-0.05, 0) is 18.1 Å². The van der Waals surface area contributed by atoms with E-state index >= 15 is 0 Å². The first-order valence-electron chi connectivity index (χ1n) is 5.75. The number of carboxylic acid groups (broad SMARTS) is 1. The molecule has 0 bridgehead atoms. The van der Waals surface area contributed by atoms with Gasteiger partial charge >= 0.3 is 5.97 Å². The summed E-state index contributed by atoms with van der Waals surface area (Å²) in [5, 5.41) is 11.5. The second-order valence-electron chi connectivity index (χ2n) is 4.22. The van der Waals surface area contributed by atoms with Crippen LogP contribution in [0.1, 0.15) is 11.3 Å². The molecule has 0 radical (unpaired) electrons. The molecule has 1 aromatic heterocycles. The third kappa shape index (κ3) is 1.97. The van der Waals surface area contributed by atoms with Crippen LogP contribution in [0.4, 0.5) is 10.8 Å². The van der Waals surface area contributed by atoms with Gasteiger partial charge in [0, 0.05) is 17.6 Å². The van der Waals surface area contributed by atoms with Crippen LogP contribution < -0.4 is 4.90 Å². The molecule has 3 rings (SSSR count). The molecule has 2 aromatic rings. The Balaban J connectivity index is 1.88. The molecule has 0 saturated heterocycles. The molecule has 0 spiro atoms. The van der Waals surface area contributed by atoms with Gasteiger partial charge in [0.15, 0.2) is 5.13 Å². The molecular weight excluding hydrogens is 248 g/mol. The molecule has 18 heavy (non-hydrogen) atoms. The Morgan fingerprint density at radius 3 is 3.11 bits per heavy atom. The minimum absolute atomic E-state index is 0.00795. The Hall–Kier alpha value is -1.88. The van der Waals surface area contributed by atoms with Gasteiger partial charge in [0.05, 0.1) is 12.1 Å². The number of thiazole rings is 1. The van der Waals surface area contributed by atoms with Gasteiger partial charge in [-0.25, -0.2) is 4.98 Å². The molecule has 2 heterocycles. The number of aromatic nitrogens is 1. The minimum Gasteiger partial charge on any atom is -0.481 e. The van der Waals surface area contributed by atoms with Gasteiger partial charge in [-0.1, -0.05) is 18.2 Å². The summed E-state index contributed by atoms with van der Waals surface area (Å²) < 4.78 is 0. The Morgan fingerprint density at radius 1 is 1.44 bits per heavy atom. The topological polar surface area (TPSA) is 53.4 Å². The summed E-state index contributed by atoms with van der Waals surface area (Å²) in [6, 6.07) is 8.27. The van der Waals surface area contributed by atoms with Crippen molar-refractivity contribution in [1.82, 2.24) is 4.98 Å². The number of fused-ring (bicyclic) bond motifs is 1. The Labute approximate surface area is 109 Å². The Kier molecular flexibility index (Phi) is 2.76. The van der Waals surface area contributed by atoms with E-state index in [1.807, 2.05) is 17.5 Å². The maximum absolute atomic E-state index is 10.6. The highest BCUT2D eigenvalue weighted by Gasteiger charge is 2.22. The molecule has 0 unspecified atom stereocenters. The van der Waals surface area contributed by atoms with Crippen LogP contribution in [-0.2, 0) is 17.6 Å². The van der Waals surface area contributed by atoms with Gasteiger partial charge in [-0.2, -0.15) is 0 Å². The number of rotatable bonds is 3. The second-order valence-corrected chi connectivity index (χ2v) is 5.06. The zero-order chi connectivity index (χ0) is 12.5. The van der Waals surface area contributed by atoms with Gasteiger partial charge < -0.3 is 10.0 Å². The van der Waals surface area contributed by atoms with Crippen molar-refractivity contribution >= 4 is 28.1 Å². The van der Waals surface area contributed by atoms with Crippen molar-refractivity contribution in [3.05, 3.63) is 40.9 Å². The van der Waals surface area contributed by atoms with Crippen molar-refractivity contribution in [2.24, 2.45) is 0 Å². The van der Waals surface area contributed by atoms with Crippen LogP contribution in [0, 0.1) is 0 Å². The number of nitrogens with zero attached hydrogens (tertiary/aromatic N) is 2. The Morgan fingerprint density at radius 2 is 2.28 bits per heavy atom. The molecule has 4 nitrogen and oxygen atoms in total. The number of hydrogen-bond acceptors (Lipinski definition) is 4. The lowest BCUT2D eigenvalue weighted by Crippen LogP contribution is -2.13. The van der Waals surface area contributed by atoms with Crippen molar-refractivity contribution in [3.63, 3.8) is 0 Å². The average molecular weight is 260 g/mol. The van der Waals surface area contributed by atoms with Crippen molar-refractivity contribution in [3.8, 4) is 0 Å². The lowest BCUT2D eigenvalue weighted by molar-refractivity contribution is -0.136. The molecule has 0 atom stereocenters. The van der Waals surface area contributed by atoms with Crippen LogP contribution in [0.15, 0.2) is 29.6 Å². The van der Waals surface area contributed by atoms with Crippen LogP contribution >= 0.6 is 11.3 Å². The summed E-state index contributed by atoms with van der Waals surface area (Å²) in [6.45, 7) is 0.916. The molecule has 0 fully saturated rings. The zero-order valence-corrected chi connectivity index (χ0v) is 10.5. The van der Waals surface area contributed by atoms with E-state index < -0.39 is 5.97 Å². The van der Waals surface area contributed by atoms with E-state index in [0.29, 0.717) is 5.69 Å². The highest BCUT2D eigenvalue weighted by molar-refractivity contribution is 7.13. The molecule has 92 valence electrons. The third-order valence-electron chi connectivity index (χ3n) is 2.99. The zero-order valence-electron chi connectivity index (χ0n) is 9.67. The Bertz CT molecular complexity index is 594. The summed E-state index contributed by atoms with van der Waals surface area (Å²) in [5.74, 6) is -0.839. The fraction of sp³-hybridized carbons (Fsp3) is 0.231. The van der Waals surface area contributed by atoms with Crippen molar-refractivity contribution in [2.75, 3.05) is 11.4 Å². The number of aliphatic carboxylic acids is 1. The van der Waals surface area contributed by atoms with Gasteiger partial charge in [-0.15, -0.1) is 11.3 Å². The smallest absolute Gasteiger partial charge is 0.309 e. The minimum atomic E-state index is -0.839. The van der Waals surface area contributed by atoms with E-state index in [1.165, 1.54) is 22.6 Å². The number of para-hydroxylation sites is 1. The maximum atomic E-state index is 10.6. The van der Waals surface area contributed by atoms with E-state index in [-0.39, 0.29) is 6.42 Å². The molecule has 1 aliphatic rings. The molecule has 5 heteroatoms. The molecule has 1 N–H and O–H groups in total. The van der Waals surface area contributed by atoms with Crippen LogP contribution in [0.2, 0.25) is 0 Å². The normalized spacial score (nSPS) is 13.7.